The van der Waals surface area contributed by atoms with E-state index in [1.165, 1.54) is 37.1 Å². The minimum absolute atomic E-state index is 0.0149. The molecule has 2 aliphatic rings. The molecule has 2 heterocycles. The molecular formula is C23H31N3O. The molecule has 27 heavy (non-hydrogen) atoms. The van der Waals surface area contributed by atoms with E-state index in [2.05, 4.69) is 52.5 Å². The predicted molar refractivity (Wildman–Crippen MR) is 110 cm³/mol. The summed E-state index contributed by atoms with van der Waals surface area (Å²) in [5.41, 5.74) is 3.83. The van der Waals surface area contributed by atoms with E-state index in [0.29, 0.717) is 0 Å². The minimum atomic E-state index is -0.0149. The SMILES string of the molecule is CC1(NCC2CCN(Cc3ccccc3)CC2)CCCc2[nH]c(=O)ccc21. The van der Waals surface area contributed by atoms with Gasteiger partial charge in [-0.2, -0.15) is 0 Å². The molecule has 0 saturated carbocycles. The fourth-order valence-corrected chi connectivity index (χ4v) is 4.73. The van der Waals surface area contributed by atoms with Crippen LogP contribution in [0, 0.1) is 5.92 Å². The predicted octanol–water partition coefficient (Wildman–Crippen LogP) is 3.43. The Morgan fingerprint density at radius 2 is 1.93 bits per heavy atom. The van der Waals surface area contributed by atoms with E-state index in [4.69, 9.17) is 0 Å². The highest BCUT2D eigenvalue weighted by Gasteiger charge is 2.33. The molecule has 0 radical (unpaired) electrons. The van der Waals surface area contributed by atoms with Crippen LogP contribution >= 0.6 is 0 Å². The number of benzene rings is 1. The molecule has 1 aromatic carbocycles. The first-order chi connectivity index (χ1) is 13.1. The third-order valence-electron chi connectivity index (χ3n) is 6.44. The van der Waals surface area contributed by atoms with E-state index in [9.17, 15) is 4.79 Å². The van der Waals surface area contributed by atoms with Crippen molar-refractivity contribution in [2.45, 2.75) is 51.1 Å². The molecule has 1 unspecified atom stereocenters. The van der Waals surface area contributed by atoms with E-state index >= 15 is 0 Å². The van der Waals surface area contributed by atoms with Crippen LogP contribution in [0.5, 0.6) is 0 Å². The van der Waals surface area contributed by atoms with Gasteiger partial charge in [-0.05, 0) is 81.8 Å². The number of nitrogens with one attached hydrogen (secondary N) is 2. The molecule has 2 aromatic rings. The maximum Gasteiger partial charge on any atom is 0.248 e. The number of nitrogens with zero attached hydrogens (tertiary/aromatic N) is 1. The number of pyridine rings is 1. The number of aromatic nitrogens is 1. The number of hydrogen-bond acceptors (Lipinski definition) is 3. The van der Waals surface area contributed by atoms with Crippen LogP contribution in [0.1, 0.15) is 49.4 Å². The Hall–Kier alpha value is -1.91. The van der Waals surface area contributed by atoms with Crippen LogP contribution in [0.4, 0.5) is 0 Å². The number of aromatic amines is 1. The lowest BCUT2D eigenvalue weighted by Gasteiger charge is -2.39. The van der Waals surface area contributed by atoms with Crippen LogP contribution in [0.3, 0.4) is 0 Å². The van der Waals surface area contributed by atoms with Crippen molar-refractivity contribution in [2.24, 2.45) is 5.92 Å². The van der Waals surface area contributed by atoms with Gasteiger partial charge >= 0.3 is 0 Å². The highest BCUT2D eigenvalue weighted by Crippen LogP contribution is 2.34. The van der Waals surface area contributed by atoms with E-state index in [1.807, 2.05) is 6.07 Å². The smallest absolute Gasteiger partial charge is 0.248 e. The van der Waals surface area contributed by atoms with Crippen molar-refractivity contribution in [3.8, 4) is 0 Å². The lowest BCUT2D eigenvalue weighted by molar-refractivity contribution is 0.164. The number of rotatable bonds is 5. The molecule has 0 spiro atoms. The third-order valence-corrected chi connectivity index (χ3v) is 6.44. The summed E-state index contributed by atoms with van der Waals surface area (Å²) in [4.78, 5) is 17.3. The molecule has 4 heteroatoms. The van der Waals surface area contributed by atoms with Crippen molar-refractivity contribution in [3.63, 3.8) is 0 Å². The monoisotopic (exact) mass is 365 g/mol. The largest absolute Gasteiger partial charge is 0.326 e. The summed E-state index contributed by atoms with van der Waals surface area (Å²) in [6.07, 6.45) is 5.77. The zero-order valence-electron chi connectivity index (χ0n) is 16.3. The van der Waals surface area contributed by atoms with Crippen LogP contribution in [0.15, 0.2) is 47.3 Å². The van der Waals surface area contributed by atoms with Gasteiger partial charge in [-0.3, -0.25) is 9.69 Å². The standard InChI is InChI=1S/C23H31N3O/c1-23(13-5-8-21-20(23)9-10-22(27)25-21)24-16-18-11-14-26(15-12-18)17-19-6-3-2-4-7-19/h2-4,6-7,9-10,18,24H,5,8,11-17H2,1H3,(H,25,27). The van der Waals surface area contributed by atoms with Crippen LogP contribution < -0.4 is 10.9 Å². The Morgan fingerprint density at radius 3 is 2.70 bits per heavy atom. The van der Waals surface area contributed by atoms with Gasteiger partial charge in [0.25, 0.3) is 0 Å². The molecule has 1 fully saturated rings. The summed E-state index contributed by atoms with van der Waals surface area (Å²) < 4.78 is 0. The van der Waals surface area contributed by atoms with Crippen molar-refractivity contribution >= 4 is 0 Å². The summed E-state index contributed by atoms with van der Waals surface area (Å²) in [5, 5.41) is 3.87. The van der Waals surface area contributed by atoms with Crippen molar-refractivity contribution in [2.75, 3.05) is 19.6 Å². The topological polar surface area (TPSA) is 48.1 Å². The summed E-state index contributed by atoms with van der Waals surface area (Å²) in [6.45, 7) is 6.80. The van der Waals surface area contributed by atoms with Gasteiger partial charge < -0.3 is 10.3 Å². The quantitative estimate of drug-likeness (QED) is 0.853. The Kier molecular flexibility index (Phi) is 5.46. The van der Waals surface area contributed by atoms with E-state index < -0.39 is 0 Å². The first kappa shape index (κ1) is 18.5. The van der Waals surface area contributed by atoms with Crippen LogP contribution in [-0.2, 0) is 18.5 Å². The van der Waals surface area contributed by atoms with Gasteiger partial charge in [0.1, 0.15) is 0 Å². The molecule has 4 nitrogen and oxygen atoms in total. The maximum atomic E-state index is 11.6. The second-order valence-corrected chi connectivity index (χ2v) is 8.49. The maximum absolute atomic E-state index is 11.6. The van der Waals surface area contributed by atoms with Gasteiger partial charge in [0.15, 0.2) is 0 Å². The van der Waals surface area contributed by atoms with Gasteiger partial charge in [-0.25, -0.2) is 0 Å². The highest BCUT2D eigenvalue weighted by molar-refractivity contribution is 5.30. The number of piperidine rings is 1. The average Bonchev–Trinajstić information content (AvgIpc) is 2.68. The zero-order valence-corrected chi connectivity index (χ0v) is 16.3. The molecule has 1 aliphatic heterocycles. The molecule has 1 aliphatic carbocycles. The van der Waals surface area contributed by atoms with E-state index in [0.717, 1.165) is 44.0 Å². The van der Waals surface area contributed by atoms with E-state index in [-0.39, 0.29) is 11.1 Å². The van der Waals surface area contributed by atoms with Crippen molar-refractivity contribution < 1.29 is 0 Å². The lowest BCUT2D eigenvalue weighted by atomic mass is 9.79. The number of H-pyrrole nitrogens is 1. The van der Waals surface area contributed by atoms with Gasteiger partial charge in [0.05, 0.1) is 0 Å². The molecule has 2 N–H and O–H groups in total. The van der Waals surface area contributed by atoms with Gasteiger partial charge in [0.2, 0.25) is 5.56 Å². The summed E-state index contributed by atoms with van der Waals surface area (Å²) >= 11 is 0. The second kappa shape index (κ2) is 7.99. The summed E-state index contributed by atoms with van der Waals surface area (Å²) in [6, 6.07) is 14.5. The van der Waals surface area contributed by atoms with Gasteiger partial charge in [0, 0.05) is 23.8 Å². The van der Waals surface area contributed by atoms with E-state index in [1.54, 1.807) is 6.07 Å². The van der Waals surface area contributed by atoms with Crippen molar-refractivity contribution in [1.29, 1.82) is 0 Å². The first-order valence-electron chi connectivity index (χ1n) is 10.4. The Bertz CT molecular complexity index is 808. The normalized spacial score (nSPS) is 23.9. The molecule has 4 rings (SSSR count). The Balaban J connectivity index is 1.31. The summed E-state index contributed by atoms with van der Waals surface area (Å²) in [5.74, 6) is 0.738. The molecular weight excluding hydrogens is 334 g/mol. The van der Waals surface area contributed by atoms with Crippen molar-refractivity contribution in [3.05, 3.63) is 69.6 Å². The molecule has 144 valence electrons. The van der Waals surface area contributed by atoms with Crippen molar-refractivity contribution in [1.82, 2.24) is 15.2 Å². The van der Waals surface area contributed by atoms with Crippen LogP contribution in [-0.4, -0.2) is 29.5 Å². The fourth-order valence-electron chi connectivity index (χ4n) is 4.73. The Morgan fingerprint density at radius 1 is 1.15 bits per heavy atom. The minimum Gasteiger partial charge on any atom is -0.326 e. The van der Waals surface area contributed by atoms with Gasteiger partial charge in [-0.1, -0.05) is 30.3 Å². The first-order valence-corrected chi connectivity index (χ1v) is 10.4. The lowest BCUT2D eigenvalue weighted by Crippen LogP contribution is -2.46. The van der Waals surface area contributed by atoms with Crippen LogP contribution in [0.25, 0.3) is 0 Å². The number of hydrogen-bond donors (Lipinski definition) is 2. The zero-order chi connectivity index (χ0) is 18.7. The molecule has 0 bridgehead atoms. The number of fused-ring (bicyclic) bond motifs is 1. The fraction of sp³-hybridized carbons (Fsp3) is 0.522. The molecule has 1 aromatic heterocycles. The number of likely N-dealkylation sites (tertiary alicyclic amines) is 1. The summed E-state index contributed by atoms with van der Waals surface area (Å²) in [7, 11) is 0. The highest BCUT2D eigenvalue weighted by atomic mass is 16.1. The molecule has 1 atom stereocenters. The molecule has 1 saturated heterocycles. The molecule has 0 amide bonds. The third kappa shape index (κ3) is 4.33. The van der Waals surface area contributed by atoms with Gasteiger partial charge in [-0.15, -0.1) is 0 Å². The Labute approximate surface area is 162 Å². The number of aryl methyl sites for hydroxylation is 1. The average molecular weight is 366 g/mol. The second-order valence-electron chi connectivity index (χ2n) is 8.49. The van der Waals surface area contributed by atoms with Crippen LogP contribution in [0.2, 0.25) is 0 Å².